The summed E-state index contributed by atoms with van der Waals surface area (Å²) in [6, 6.07) is 10.5. The second-order valence-corrected chi connectivity index (χ2v) is 12.8. The summed E-state index contributed by atoms with van der Waals surface area (Å²) in [5.74, 6) is 0. The van der Waals surface area contributed by atoms with Crippen molar-refractivity contribution in [2.24, 2.45) is 0 Å². The molecule has 78 valence electrons. The minimum atomic E-state index is -0.940. The second kappa shape index (κ2) is 4.54. The first-order chi connectivity index (χ1) is 6.38. The average Bonchev–Trinajstić information content (AvgIpc) is 2.02. The van der Waals surface area contributed by atoms with Crippen LogP contribution in [-0.2, 0) is 16.9 Å². The van der Waals surface area contributed by atoms with Gasteiger partial charge in [-0.05, 0) is 18.2 Å². The van der Waals surface area contributed by atoms with E-state index < -0.39 is 8.07 Å². The van der Waals surface area contributed by atoms with Gasteiger partial charge in [-0.25, -0.2) is 0 Å². The molecule has 0 unspecified atom stereocenters. The van der Waals surface area contributed by atoms with Crippen molar-refractivity contribution in [2.75, 3.05) is 12.5 Å². The van der Waals surface area contributed by atoms with Crippen LogP contribution < -0.4 is 0 Å². The molecule has 0 fully saturated rings. The smallest absolute Gasteiger partial charge is 0.0693 e. The van der Waals surface area contributed by atoms with Crippen molar-refractivity contribution in [2.45, 2.75) is 30.6 Å². The van der Waals surface area contributed by atoms with Crippen LogP contribution in [0.25, 0.3) is 0 Å². The molecule has 0 aliphatic heterocycles. The highest BCUT2D eigenvalue weighted by molar-refractivity contribution is 7.95. The zero-order valence-electron chi connectivity index (χ0n) is 9.92. The molecule has 1 rings (SSSR count). The van der Waals surface area contributed by atoms with E-state index in [1.165, 1.54) is 16.5 Å². The van der Waals surface area contributed by atoms with Crippen LogP contribution >= 0.6 is 0 Å². The molecule has 0 amide bonds. The van der Waals surface area contributed by atoms with E-state index >= 15 is 0 Å². The highest BCUT2D eigenvalue weighted by Gasteiger charge is 2.14. The zero-order valence-corrected chi connectivity index (χ0v) is 11.7. The number of hydrogen-bond acceptors (Lipinski definition) is 0. The Hall–Kier alpha value is -0.213. The third-order valence-corrected chi connectivity index (χ3v) is 4.81. The molecular weight excluding hydrogens is 204 g/mol. The Morgan fingerprint density at radius 1 is 1.00 bits per heavy atom. The quantitative estimate of drug-likeness (QED) is 0.547. The molecule has 2 heteroatoms. The maximum Gasteiger partial charge on any atom is 0.154 e. The Bertz CT molecular complexity index is 282. The van der Waals surface area contributed by atoms with Crippen molar-refractivity contribution in [3.05, 3.63) is 29.8 Å². The maximum absolute atomic E-state index is 2.42. The van der Waals surface area contributed by atoms with Crippen molar-refractivity contribution in [1.82, 2.24) is 0 Å². The van der Waals surface area contributed by atoms with Gasteiger partial charge in [-0.1, -0.05) is 37.3 Å². The summed E-state index contributed by atoms with van der Waals surface area (Å²) in [4.78, 5) is 1.48. The molecule has 1 aromatic carbocycles. The first-order valence-electron chi connectivity index (χ1n) is 5.05. The lowest BCUT2D eigenvalue weighted by Gasteiger charge is -2.15. The lowest BCUT2D eigenvalue weighted by Crippen LogP contribution is -2.23. The third-order valence-electron chi connectivity index (χ3n) is 2.13. The summed E-state index contributed by atoms with van der Waals surface area (Å²) in [6.07, 6.45) is 4.54. The van der Waals surface area contributed by atoms with E-state index in [2.05, 4.69) is 56.4 Å². The van der Waals surface area contributed by atoms with E-state index in [4.69, 9.17) is 0 Å². The van der Waals surface area contributed by atoms with Crippen molar-refractivity contribution < 1.29 is 0 Å². The first kappa shape index (κ1) is 11.9. The Kier molecular flexibility index (Phi) is 3.84. The van der Waals surface area contributed by atoms with Crippen LogP contribution in [0.2, 0.25) is 19.6 Å². The molecule has 0 saturated carbocycles. The van der Waals surface area contributed by atoms with E-state index in [0.717, 1.165) is 0 Å². The predicted molar refractivity (Wildman–Crippen MR) is 71.0 cm³/mol. The lowest BCUT2D eigenvalue weighted by atomic mass is 10.2. The largest absolute Gasteiger partial charge is 0.154 e. The fraction of sp³-hybridized carbons (Fsp3) is 0.500. The van der Waals surface area contributed by atoms with E-state index in [1.807, 2.05) is 0 Å². The molecule has 0 atom stereocenters. The molecular formula is C12H21SSi+. The van der Waals surface area contributed by atoms with Crippen LogP contribution in [0, 0.1) is 0 Å². The van der Waals surface area contributed by atoms with Crippen molar-refractivity contribution in [1.29, 1.82) is 0 Å². The van der Waals surface area contributed by atoms with Gasteiger partial charge in [-0.3, -0.25) is 0 Å². The highest BCUT2D eigenvalue weighted by atomic mass is 32.2. The minimum absolute atomic E-state index is 0.401. The van der Waals surface area contributed by atoms with Crippen molar-refractivity contribution >= 4 is 19.0 Å². The Labute approximate surface area is 92.1 Å². The van der Waals surface area contributed by atoms with Crippen molar-refractivity contribution in [3.63, 3.8) is 0 Å². The standard InChI is InChI=1S/C12H21SSi/c1-13(2)12-8-6-11(7-9-12)10-14(3,4)5/h6-9H,10H2,1-5H3/q+1. The minimum Gasteiger partial charge on any atom is -0.0693 e. The van der Waals surface area contributed by atoms with Gasteiger partial charge in [-0.2, -0.15) is 0 Å². The molecule has 0 spiro atoms. The lowest BCUT2D eigenvalue weighted by molar-refractivity contribution is 1.28. The Morgan fingerprint density at radius 2 is 1.50 bits per heavy atom. The fourth-order valence-electron chi connectivity index (χ4n) is 1.49. The van der Waals surface area contributed by atoms with Crippen LogP contribution in [0.1, 0.15) is 5.56 Å². The van der Waals surface area contributed by atoms with Crippen LogP contribution in [0.3, 0.4) is 0 Å². The number of hydrogen-bond donors (Lipinski definition) is 0. The van der Waals surface area contributed by atoms with Gasteiger partial charge in [0.1, 0.15) is 12.5 Å². The van der Waals surface area contributed by atoms with Gasteiger partial charge in [0, 0.05) is 19.0 Å². The normalized spacial score (nSPS) is 12.1. The van der Waals surface area contributed by atoms with Gasteiger partial charge in [0.15, 0.2) is 4.90 Å². The van der Waals surface area contributed by atoms with Crippen LogP contribution in [0.5, 0.6) is 0 Å². The van der Waals surface area contributed by atoms with Crippen molar-refractivity contribution in [3.8, 4) is 0 Å². The summed E-state index contributed by atoms with van der Waals surface area (Å²) in [7, 11) is -0.539. The molecule has 0 bridgehead atoms. The van der Waals surface area contributed by atoms with Crippen LogP contribution in [-0.4, -0.2) is 20.6 Å². The van der Waals surface area contributed by atoms with E-state index in [1.54, 1.807) is 0 Å². The highest BCUT2D eigenvalue weighted by Crippen LogP contribution is 2.15. The summed E-state index contributed by atoms with van der Waals surface area (Å²) >= 11 is 0. The maximum atomic E-state index is 2.42. The first-order valence-corrected chi connectivity index (χ1v) is 10.8. The third kappa shape index (κ3) is 3.89. The molecule has 0 saturated heterocycles. The number of rotatable bonds is 3. The summed E-state index contributed by atoms with van der Waals surface area (Å²) in [5, 5.41) is 0. The number of benzene rings is 1. The van der Waals surface area contributed by atoms with Crippen LogP contribution in [0.4, 0.5) is 0 Å². The SMILES string of the molecule is C[S+](C)c1ccc(C[Si](C)(C)C)cc1. The van der Waals surface area contributed by atoms with Gasteiger partial charge < -0.3 is 0 Å². The Morgan fingerprint density at radius 3 is 1.86 bits per heavy atom. The second-order valence-electron chi connectivity index (χ2n) is 5.20. The molecule has 0 nitrogen and oxygen atoms in total. The molecule has 0 aliphatic rings. The van der Waals surface area contributed by atoms with Gasteiger partial charge in [-0.15, -0.1) is 0 Å². The van der Waals surface area contributed by atoms with Gasteiger partial charge in [0.25, 0.3) is 0 Å². The molecule has 0 heterocycles. The molecule has 0 aromatic heterocycles. The zero-order chi connectivity index (χ0) is 10.8. The van der Waals surface area contributed by atoms with Gasteiger partial charge >= 0.3 is 0 Å². The predicted octanol–water partition coefficient (Wildman–Crippen LogP) is 3.34. The molecule has 0 aliphatic carbocycles. The average molecular weight is 225 g/mol. The summed E-state index contributed by atoms with van der Waals surface area (Å²) in [5.41, 5.74) is 1.51. The Balaban J connectivity index is 2.74. The fourth-order valence-corrected chi connectivity index (χ4v) is 3.63. The topological polar surface area (TPSA) is 0 Å². The molecule has 14 heavy (non-hydrogen) atoms. The van der Waals surface area contributed by atoms with Crippen LogP contribution in [0.15, 0.2) is 29.2 Å². The van der Waals surface area contributed by atoms with E-state index in [0.29, 0.717) is 10.9 Å². The van der Waals surface area contributed by atoms with Gasteiger partial charge in [0.05, 0.1) is 0 Å². The molecule has 0 N–H and O–H groups in total. The molecule has 0 radical (unpaired) electrons. The monoisotopic (exact) mass is 225 g/mol. The summed E-state index contributed by atoms with van der Waals surface area (Å²) < 4.78 is 0. The summed E-state index contributed by atoms with van der Waals surface area (Å²) in [6.45, 7) is 7.27. The van der Waals surface area contributed by atoms with E-state index in [-0.39, 0.29) is 0 Å². The van der Waals surface area contributed by atoms with Gasteiger partial charge in [0.2, 0.25) is 0 Å². The van der Waals surface area contributed by atoms with E-state index in [9.17, 15) is 0 Å². The molecule has 1 aromatic rings.